The number of nitrogens with one attached hydrogen (secondary N) is 2. The van der Waals surface area contributed by atoms with Crippen LogP contribution in [0.15, 0.2) is 16.8 Å². The molecule has 3 amide bonds. The number of hydrogen-bond acceptors (Lipinski definition) is 4. The molecule has 1 atom stereocenters. The number of carbonyl (C=O) groups excluding carboxylic acids is 3. The maximum atomic E-state index is 11.9. The second-order valence-corrected chi connectivity index (χ2v) is 6.90. The van der Waals surface area contributed by atoms with Crippen molar-refractivity contribution in [2.45, 2.75) is 64.3 Å². The van der Waals surface area contributed by atoms with Crippen molar-refractivity contribution in [3.63, 3.8) is 0 Å². The molecule has 0 fully saturated rings. The molecule has 0 aliphatic heterocycles. The van der Waals surface area contributed by atoms with Gasteiger partial charge in [0.2, 0.25) is 17.7 Å². The number of unbranched alkanes of at least 4 members (excludes halogenated alkanes) is 4. The van der Waals surface area contributed by atoms with Crippen molar-refractivity contribution in [3.8, 4) is 0 Å². The smallest absolute Gasteiger partial charge is 0.240 e. The second-order valence-electron chi connectivity index (χ2n) is 6.12. The van der Waals surface area contributed by atoms with Gasteiger partial charge in [0.15, 0.2) is 0 Å². The van der Waals surface area contributed by atoms with Crippen LogP contribution in [0.5, 0.6) is 0 Å². The van der Waals surface area contributed by atoms with E-state index in [1.807, 2.05) is 16.8 Å². The summed E-state index contributed by atoms with van der Waals surface area (Å²) >= 11 is 1.61. The molecule has 0 aromatic carbocycles. The molecule has 140 valence electrons. The highest BCUT2D eigenvalue weighted by Gasteiger charge is 2.21. The first-order valence-corrected chi connectivity index (χ1v) is 9.83. The van der Waals surface area contributed by atoms with Crippen LogP contribution in [0.3, 0.4) is 0 Å². The number of hydrogen-bond donors (Lipinski definition) is 3. The van der Waals surface area contributed by atoms with E-state index < -0.39 is 11.9 Å². The molecular weight excluding hydrogens is 338 g/mol. The second kappa shape index (κ2) is 12.5. The van der Waals surface area contributed by atoms with Crippen LogP contribution in [0.25, 0.3) is 0 Å². The molecule has 0 unspecified atom stereocenters. The van der Waals surface area contributed by atoms with Crippen molar-refractivity contribution in [2.24, 2.45) is 5.73 Å². The minimum atomic E-state index is -0.954. The van der Waals surface area contributed by atoms with Crippen LogP contribution >= 0.6 is 11.3 Å². The summed E-state index contributed by atoms with van der Waals surface area (Å²) in [6.07, 6.45) is 6.16. The van der Waals surface area contributed by atoms with Gasteiger partial charge < -0.3 is 16.4 Å². The topological polar surface area (TPSA) is 101 Å². The third kappa shape index (κ3) is 9.86. The Kier molecular flexibility index (Phi) is 10.6. The SMILES string of the molecule is CCCCCCCC(=O)N[C@H](CC(=O)NCCc1ccsc1)C(N)=O. The van der Waals surface area contributed by atoms with Gasteiger partial charge in [-0.2, -0.15) is 11.3 Å². The molecular formula is C18H29N3O3S. The van der Waals surface area contributed by atoms with E-state index in [0.717, 1.165) is 44.1 Å². The van der Waals surface area contributed by atoms with Gasteiger partial charge in [-0.05, 0) is 35.2 Å². The summed E-state index contributed by atoms with van der Waals surface area (Å²) in [7, 11) is 0. The Morgan fingerprint density at radius 2 is 1.92 bits per heavy atom. The molecule has 0 aliphatic carbocycles. The highest BCUT2D eigenvalue weighted by Crippen LogP contribution is 2.06. The molecule has 0 bridgehead atoms. The molecule has 0 radical (unpaired) electrons. The van der Waals surface area contributed by atoms with Crippen molar-refractivity contribution < 1.29 is 14.4 Å². The quantitative estimate of drug-likeness (QED) is 0.465. The summed E-state index contributed by atoms with van der Waals surface area (Å²) in [5, 5.41) is 9.33. The Balaban J connectivity index is 2.26. The molecule has 7 heteroatoms. The van der Waals surface area contributed by atoms with Crippen LogP contribution in [-0.4, -0.2) is 30.3 Å². The molecule has 6 nitrogen and oxygen atoms in total. The zero-order valence-corrected chi connectivity index (χ0v) is 15.7. The third-order valence-electron chi connectivity index (χ3n) is 3.89. The summed E-state index contributed by atoms with van der Waals surface area (Å²) in [5.41, 5.74) is 6.46. The van der Waals surface area contributed by atoms with Crippen molar-refractivity contribution in [2.75, 3.05) is 6.54 Å². The number of primary amides is 1. The maximum Gasteiger partial charge on any atom is 0.240 e. The van der Waals surface area contributed by atoms with Crippen LogP contribution in [0, 0.1) is 0 Å². The van der Waals surface area contributed by atoms with Crippen molar-refractivity contribution in [3.05, 3.63) is 22.4 Å². The predicted octanol–water partition coefficient (Wildman–Crippen LogP) is 2.13. The number of thiophene rings is 1. The zero-order chi connectivity index (χ0) is 18.5. The Morgan fingerprint density at radius 3 is 2.56 bits per heavy atom. The third-order valence-corrected chi connectivity index (χ3v) is 4.62. The standard InChI is InChI=1S/C18H29N3O3S/c1-2-3-4-5-6-7-16(22)21-15(18(19)24)12-17(23)20-10-8-14-9-11-25-13-14/h9,11,13,15H,2-8,10,12H2,1H3,(H2,19,24)(H,20,23)(H,21,22)/t15-/m1/s1. The van der Waals surface area contributed by atoms with E-state index in [1.165, 1.54) is 0 Å². The van der Waals surface area contributed by atoms with E-state index in [-0.39, 0.29) is 18.2 Å². The Bertz CT molecular complexity index is 532. The summed E-state index contributed by atoms with van der Waals surface area (Å²) in [4.78, 5) is 35.3. The van der Waals surface area contributed by atoms with Crippen LogP contribution in [0.4, 0.5) is 0 Å². The van der Waals surface area contributed by atoms with Gasteiger partial charge in [-0.3, -0.25) is 14.4 Å². The van der Waals surface area contributed by atoms with Gasteiger partial charge in [0, 0.05) is 13.0 Å². The molecule has 0 aliphatic rings. The van der Waals surface area contributed by atoms with Crippen molar-refractivity contribution >= 4 is 29.1 Å². The van der Waals surface area contributed by atoms with Gasteiger partial charge in [0.05, 0.1) is 6.42 Å². The van der Waals surface area contributed by atoms with Gasteiger partial charge in [0.1, 0.15) is 6.04 Å². The first kappa shape index (κ1) is 21.2. The van der Waals surface area contributed by atoms with Crippen molar-refractivity contribution in [1.82, 2.24) is 10.6 Å². The average Bonchev–Trinajstić information content (AvgIpc) is 3.07. The highest BCUT2D eigenvalue weighted by atomic mass is 32.1. The molecule has 1 heterocycles. The fourth-order valence-corrected chi connectivity index (χ4v) is 3.12. The van der Waals surface area contributed by atoms with E-state index >= 15 is 0 Å². The van der Waals surface area contributed by atoms with Gasteiger partial charge in [-0.15, -0.1) is 0 Å². The summed E-state index contributed by atoms with van der Waals surface area (Å²) < 4.78 is 0. The largest absolute Gasteiger partial charge is 0.368 e. The lowest BCUT2D eigenvalue weighted by Gasteiger charge is -2.15. The minimum Gasteiger partial charge on any atom is -0.368 e. The molecule has 25 heavy (non-hydrogen) atoms. The molecule has 1 aromatic rings. The molecule has 1 aromatic heterocycles. The van der Waals surface area contributed by atoms with E-state index in [1.54, 1.807) is 11.3 Å². The maximum absolute atomic E-state index is 11.9. The molecule has 0 saturated carbocycles. The van der Waals surface area contributed by atoms with E-state index in [2.05, 4.69) is 17.6 Å². The zero-order valence-electron chi connectivity index (χ0n) is 14.9. The fraction of sp³-hybridized carbons (Fsp3) is 0.611. The van der Waals surface area contributed by atoms with E-state index in [9.17, 15) is 14.4 Å². The Morgan fingerprint density at radius 1 is 1.16 bits per heavy atom. The van der Waals surface area contributed by atoms with E-state index in [4.69, 9.17) is 5.73 Å². The number of carbonyl (C=O) groups is 3. The summed E-state index contributed by atoms with van der Waals surface area (Å²) in [6.45, 7) is 2.63. The van der Waals surface area contributed by atoms with Crippen molar-refractivity contribution in [1.29, 1.82) is 0 Å². The van der Waals surface area contributed by atoms with E-state index in [0.29, 0.717) is 13.0 Å². The van der Waals surface area contributed by atoms with Crippen LogP contribution < -0.4 is 16.4 Å². The Labute approximate surface area is 153 Å². The Hall–Kier alpha value is -1.89. The lowest BCUT2D eigenvalue weighted by molar-refractivity contribution is -0.130. The normalized spacial score (nSPS) is 11.7. The van der Waals surface area contributed by atoms with Gasteiger partial charge in [0.25, 0.3) is 0 Å². The minimum absolute atomic E-state index is 0.124. The fourth-order valence-electron chi connectivity index (χ4n) is 2.42. The van der Waals surface area contributed by atoms with Crippen LogP contribution in [0.1, 0.15) is 57.4 Å². The van der Waals surface area contributed by atoms with Gasteiger partial charge in [-0.25, -0.2) is 0 Å². The number of amides is 3. The summed E-state index contributed by atoms with van der Waals surface area (Å²) in [6, 6.07) is 1.05. The number of nitrogens with two attached hydrogens (primary N) is 1. The predicted molar refractivity (Wildman–Crippen MR) is 100 cm³/mol. The highest BCUT2D eigenvalue weighted by molar-refractivity contribution is 7.07. The molecule has 1 rings (SSSR count). The lowest BCUT2D eigenvalue weighted by Crippen LogP contribution is -2.47. The number of rotatable bonds is 13. The lowest BCUT2D eigenvalue weighted by atomic mass is 10.1. The first-order chi connectivity index (χ1) is 12.0. The van der Waals surface area contributed by atoms with Crippen LogP contribution in [-0.2, 0) is 20.8 Å². The molecule has 0 spiro atoms. The first-order valence-electron chi connectivity index (χ1n) is 8.89. The van der Waals surface area contributed by atoms with Crippen LogP contribution in [0.2, 0.25) is 0 Å². The van der Waals surface area contributed by atoms with Gasteiger partial charge in [-0.1, -0.05) is 32.6 Å². The summed E-state index contributed by atoms with van der Waals surface area (Å²) in [5.74, 6) is -1.21. The average molecular weight is 368 g/mol. The molecule has 4 N–H and O–H groups in total. The monoisotopic (exact) mass is 367 g/mol. The molecule has 0 saturated heterocycles. The van der Waals surface area contributed by atoms with Gasteiger partial charge >= 0.3 is 0 Å².